The largest absolute Gasteiger partial charge is 0.477 e. The molecule has 0 unspecified atom stereocenters. The fourth-order valence-electron chi connectivity index (χ4n) is 3.51. The number of benzene rings is 2. The van der Waals surface area contributed by atoms with E-state index in [-0.39, 0.29) is 23.1 Å². The number of nitrogens with one attached hydrogen (secondary N) is 1. The summed E-state index contributed by atoms with van der Waals surface area (Å²) in [5, 5.41) is 12.5. The van der Waals surface area contributed by atoms with Crippen molar-refractivity contribution >= 4 is 28.9 Å². The minimum Gasteiger partial charge on any atom is -0.477 e. The van der Waals surface area contributed by atoms with E-state index in [1.165, 1.54) is 18.2 Å². The number of aryl methyl sites for hydroxylation is 1. The van der Waals surface area contributed by atoms with Gasteiger partial charge in [0.05, 0.1) is 5.69 Å². The van der Waals surface area contributed by atoms with Crippen LogP contribution in [0.4, 0.5) is 10.1 Å². The van der Waals surface area contributed by atoms with Crippen molar-refractivity contribution in [3.63, 3.8) is 0 Å². The lowest BCUT2D eigenvalue weighted by atomic mass is 9.88. The Morgan fingerprint density at radius 1 is 1.22 bits per heavy atom. The van der Waals surface area contributed by atoms with Gasteiger partial charge in [0, 0.05) is 22.8 Å². The fraction of sp³-hybridized carbons (Fsp3) is 0.143. The van der Waals surface area contributed by atoms with Crippen LogP contribution in [0.1, 0.15) is 38.0 Å². The molecule has 0 bridgehead atoms. The summed E-state index contributed by atoms with van der Waals surface area (Å²) in [4.78, 5) is 25.2. The number of anilines is 1. The van der Waals surface area contributed by atoms with Crippen LogP contribution < -0.4 is 5.32 Å². The maximum Gasteiger partial charge on any atom is 0.346 e. The van der Waals surface area contributed by atoms with Crippen LogP contribution in [0.5, 0.6) is 0 Å². The van der Waals surface area contributed by atoms with Crippen LogP contribution >= 0.6 is 11.3 Å². The van der Waals surface area contributed by atoms with Crippen LogP contribution in [0.2, 0.25) is 0 Å². The SMILES string of the molecule is Cc1cccc([C@H]2CC(=O)Nc3c2sc(C(=O)O)c3-c2cccc(F)c2)c1. The van der Waals surface area contributed by atoms with Crippen LogP contribution in [0.25, 0.3) is 11.1 Å². The molecule has 4 nitrogen and oxygen atoms in total. The summed E-state index contributed by atoms with van der Waals surface area (Å²) in [6, 6.07) is 13.6. The van der Waals surface area contributed by atoms with E-state index in [1.54, 1.807) is 6.07 Å². The number of rotatable bonds is 3. The maximum absolute atomic E-state index is 13.8. The second kappa shape index (κ2) is 6.63. The molecule has 0 saturated carbocycles. The number of hydrogen-bond acceptors (Lipinski definition) is 3. The van der Waals surface area contributed by atoms with Crippen molar-refractivity contribution in [2.45, 2.75) is 19.3 Å². The summed E-state index contributed by atoms with van der Waals surface area (Å²) in [6.07, 6.45) is 0.249. The van der Waals surface area contributed by atoms with Crippen LogP contribution in [0.3, 0.4) is 0 Å². The lowest BCUT2D eigenvalue weighted by Crippen LogP contribution is -2.22. The van der Waals surface area contributed by atoms with Gasteiger partial charge in [-0.15, -0.1) is 11.3 Å². The molecular formula is C21H16FNO3S. The number of carbonyl (C=O) groups excluding carboxylic acids is 1. The molecule has 6 heteroatoms. The van der Waals surface area contributed by atoms with Crippen LogP contribution in [-0.4, -0.2) is 17.0 Å². The number of carbonyl (C=O) groups is 2. The molecule has 0 saturated heterocycles. The highest BCUT2D eigenvalue weighted by Crippen LogP contribution is 2.49. The van der Waals surface area contributed by atoms with Crippen LogP contribution in [0, 0.1) is 12.7 Å². The molecule has 1 atom stereocenters. The normalized spacial score (nSPS) is 15.9. The van der Waals surface area contributed by atoms with Gasteiger partial charge in [0.25, 0.3) is 0 Å². The quantitative estimate of drug-likeness (QED) is 0.668. The van der Waals surface area contributed by atoms with Crippen molar-refractivity contribution < 1.29 is 19.1 Å². The molecule has 3 aromatic rings. The third-order valence-electron chi connectivity index (χ3n) is 4.66. The molecule has 1 amide bonds. The van der Waals surface area contributed by atoms with E-state index in [2.05, 4.69) is 5.32 Å². The van der Waals surface area contributed by atoms with E-state index >= 15 is 0 Å². The van der Waals surface area contributed by atoms with E-state index < -0.39 is 11.8 Å². The van der Waals surface area contributed by atoms with Gasteiger partial charge in [0.2, 0.25) is 5.91 Å². The Morgan fingerprint density at radius 2 is 2.00 bits per heavy atom. The second-order valence-electron chi connectivity index (χ2n) is 6.58. The maximum atomic E-state index is 13.8. The molecule has 1 aliphatic heterocycles. The van der Waals surface area contributed by atoms with Gasteiger partial charge >= 0.3 is 5.97 Å². The number of fused-ring (bicyclic) bond motifs is 1. The summed E-state index contributed by atoms with van der Waals surface area (Å²) < 4.78 is 13.8. The predicted octanol–water partition coefficient (Wildman–Crippen LogP) is 5.03. The zero-order valence-electron chi connectivity index (χ0n) is 14.5. The summed E-state index contributed by atoms with van der Waals surface area (Å²) in [5.74, 6) is -1.95. The molecule has 2 aromatic carbocycles. The highest BCUT2D eigenvalue weighted by molar-refractivity contribution is 7.15. The topological polar surface area (TPSA) is 66.4 Å². The summed E-state index contributed by atoms with van der Waals surface area (Å²) in [7, 11) is 0. The van der Waals surface area contributed by atoms with E-state index in [0.29, 0.717) is 16.8 Å². The van der Waals surface area contributed by atoms with Gasteiger partial charge in [-0.1, -0.05) is 42.0 Å². The molecule has 136 valence electrons. The zero-order valence-corrected chi connectivity index (χ0v) is 15.3. The van der Waals surface area contributed by atoms with Crippen LogP contribution in [-0.2, 0) is 4.79 Å². The molecular weight excluding hydrogens is 365 g/mol. The fourth-order valence-corrected chi connectivity index (χ4v) is 4.76. The van der Waals surface area contributed by atoms with Gasteiger partial charge in [-0.2, -0.15) is 0 Å². The average Bonchev–Trinajstić information content (AvgIpc) is 3.00. The third kappa shape index (κ3) is 3.13. The number of aromatic carboxylic acids is 1. The van der Waals surface area contributed by atoms with Crippen molar-refractivity contribution in [1.29, 1.82) is 0 Å². The van der Waals surface area contributed by atoms with Gasteiger partial charge in [0.15, 0.2) is 0 Å². The first-order chi connectivity index (χ1) is 12.9. The van der Waals surface area contributed by atoms with Crippen molar-refractivity contribution in [3.8, 4) is 11.1 Å². The molecule has 27 heavy (non-hydrogen) atoms. The number of thiophene rings is 1. The zero-order chi connectivity index (χ0) is 19.1. The van der Waals surface area contributed by atoms with Gasteiger partial charge in [0.1, 0.15) is 10.7 Å². The van der Waals surface area contributed by atoms with E-state index in [0.717, 1.165) is 27.3 Å². The first-order valence-electron chi connectivity index (χ1n) is 8.46. The summed E-state index contributed by atoms with van der Waals surface area (Å²) in [6.45, 7) is 1.97. The first kappa shape index (κ1) is 17.4. The highest BCUT2D eigenvalue weighted by Gasteiger charge is 2.34. The molecule has 2 heterocycles. The molecule has 2 N–H and O–H groups in total. The van der Waals surface area contributed by atoms with E-state index in [4.69, 9.17) is 0 Å². The summed E-state index contributed by atoms with van der Waals surface area (Å²) in [5.41, 5.74) is 3.32. The molecule has 0 spiro atoms. The highest BCUT2D eigenvalue weighted by atomic mass is 32.1. The van der Waals surface area contributed by atoms with Crippen molar-refractivity contribution in [2.24, 2.45) is 0 Å². The summed E-state index contributed by atoms with van der Waals surface area (Å²) >= 11 is 1.14. The number of halogens is 1. The molecule has 1 aliphatic rings. The Hall–Kier alpha value is -2.99. The van der Waals surface area contributed by atoms with E-state index in [1.807, 2.05) is 31.2 Å². The Bertz CT molecular complexity index is 1070. The monoisotopic (exact) mass is 381 g/mol. The standard InChI is InChI=1S/C21H16FNO3S/c1-11-4-2-5-12(8-11)15-10-16(24)23-18-17(13-6-3-7-14(22)9-13)20(21(25)26)27-19(15)18/h2-9,15H,10H2,1H3,(H,23,24)(H,25,26)/t15-/m1/s1. The average molecular weight is 381 g/mol. The lowest BCUT2D eigenvalue weighted by molar-refractivity contribution is -0.116. The smallest absolute Gasteiger partial charge is 0.346 e. The minimum atomic E-state index is -1.09. The second-order valence-corrected chi connectivity index (χ2v) is 7.63. The van der Waals surface area contributed by atoms with Gasteiger partial charge in [-0.05, 0) is 30.2 Å². The predicted molar refractivity (Wildman–Crippen MR) is 103 cm³/mol. The Labute approximate surface area is 159 Å². The van der Waals surface area contributed by atoms with Gasteiger partial charge < -0.3 is 10.4 Å². The van der Waals surface area contributed by atoms with Crippen LogP contribution in [0.15, 0.2) is 48.5 Å². The number of carboxylic acids is 1. The van der Waals surface area contributed by atoms with E-state index in [9.17, 15) is 19.1 Å². The van der Waals surface area contributed by atoms with Crippen molar-refractivity contribution in [3.05, 3.63) is 75.2 Å². The van der Waals surface area contributed by atoms with Gasteiger partial charge in [-0.25, -0.2) is 9.18 Å². The molecule has 4 rings (SSSR count). The van der Waals surface area contributed by atoms with Crippen molar-refractivity contribution in [1.82, 2.24) is 0 Å². The molecule has 0 radical (unpaired) electrons. The lowest BCUT2D eigenvalue weighted by Gasteiger charge is -2.24. The third-order valence-corrected chi connectivity index (χ3v) is 5.95. The molecule has 1 aromatic heterocycles. The number of amides is 1. The van der Waals surface area contributed by atoms with Crippen molar-refractivity contribution in [2.75, 3.05) is 5.32 Å². The molecule has 0 aliphatic carbocycles. The Morgan fingerprint density at radius 3 is 2.70 bits per heavy atom. The van der Waals surface area contributed by atoms with Gasteiger partial charge in [-0.3, -0.25) is 4.79 Å². The number of hydrogen-bond donors (Lipinski definition) is 2. The minimum absolute atomic E-state index is 0.102. The Balaban J connectivity index is 1.95. The Kier molecular flexibility index (Phi) is 4.28. The molecule has 0 fully saturated rings. The number of carboxylic acid groups (broad SMARTS) is 1. The first-order valence-corrected chi connectivity index (χ1v) is 9.28.